The average Bonchev–Trinajstić information content (AvgIpc) is 2.27. The smallest absolute Gasteiger partial charge is 0.175 e. The summed E-state index contributed by atoms with van der Waals surface area (Å²) >= 11 is 1.82. The van der Waals surface area contributed by atoms with Crippen molar-refractivity contribution in [2.24, 2.45) is 0 Å². The molecular weight excluding hydrogens is 355 g/mol. The lowest BCUT2D eigenvalue weighted by Gasteiger charge is -2.16. The molecule has 0 spiro atoms. The Kier molecular flexibility index (Phi) is 5.20. The molecule has 0 aromatic heterocycles. The summed E-state index contributed by atoms with van der Waals surface area (Å²) < 4.78 is 10.6. The molecule has 0 saturated heterocycles. The number of ether oxygens (including phenoxy) is 2. The Morgan fingerprint density at radius 1 is 1.28 bits per heavy atom. The van der Waals surface area contributed by atoms with E-state index in [1.54, 1.807) is 6.92 Å². The second-order valence-electron chi connectivity index (χ2n) is 3.17. The van der Waals surface area contributed by atoms with Crippen molar-refractivity contribution >= 4 is 34.5 Å². The number of aliphatic carboxylic acids is 1. The third-order valence-corrected chi connectivity index (χ3v) is 2.68. The summed E-state index contributed by atoms with van der Waals surface area (Å²) in [5.74, 6) is -2.39. The van der Waals surface area contributed by atoms with E-state index in [0.29, 0.717) is 3.57 Å². The number of hydrogen-bond acceptors (Lipinski definition) is 6. The fourth-order valence-electron chi connectivity index (χ4n) is 1.22. The highest BCUT2D eigenvalue weighted by Gasteiger charge is 2.12. The predicted molar refractivity (Wildman–Crippen MR) is 65.2 cm³/mol. The van der Waals surface area contributed by atoms with Crippen LogP contribution in [0.1, 0.15) is 17.3 Å². The van der Waals surface area contributed by atoms with E-state index in [1.165, 1.54) is 12.1 Å². The summed E-state index contributed by atoms with van der Waals surface area (Å²) in [6.07, 6.45) is 0. The number of carbonyl (C=O) groups excluding carboxylic acids is 2. The monoisotopic (exact) mass is 364 g/mol. The van der Waals surface area contributed by atoms with Gasteiger partial charge in [-0.2, -0.15) is 0 Å². The Hall–Kier alpha value is -1.51. The summed E-state index contributed by atoms with van der Waals surface area (Å²) in [4.78, 5) is 21.1. The van der Waals surface area contributed by atoms with Crippen LogP contribution >= 0.6 is 22.6 Å². The maximum absolute atomic E-state index is 10.8. The van der Waals surface area contributed by atoms with Gasteiger partial charge in [-0.15, -0.1) is 0 Å². The van der Waals surface area contributed by atoms with Gasteiger partial charge in [0.1, 0.15) is 6.61 Å². The SMILES string of the molecule is CCOc1cc(C(=O)[O-])cc(I)c1OCC(=O)[O-]. The number of carboxylic acids is 2. The van der Waals surface area contributed by atoms with Crippen LogP contribution in [-0.2, 0) is 4.79 Å². The maximum atomic E-state index is 10.8. The van der Waals surface area contributed by atoms with E-state index in [4.69, 9.17) is 9.47 Å². The van der Waals surface area contributed by atoms with Crippen LogP contribution in [0.4, 0.5) is 0 Å². The molecule has 1 aromatic rings. The van der Waals surface area contributed by atoms with Gasteiger partial charge in [0, 0.05) is 5.56 Å². The average molecular weight is 364 g/mol. The number of benzene rings is 1. The number of rotatable bonds is 6. The lowest BCUT2D eigenvalue weighted by Crippen LogP contribution is -2.29. The normalized spacial score (nSPS) is 9.89. The molecule has 0 amide bonds. The minimum atomic E-state index is -1.38. The second-order valence-corrected chi connectivity index (χ2v) is 4.33. The van der Waals surface area contributed by atoms with Crippen molar-refractivity contribution in [1.29, 1.82) is 0 Å². The molecule has 0 heterocycles. The van der Waals surface area contributed by atoms with Crippen LogP contribution in [-0.4, -0.2) is 25.2 Å². The van der Waals surface area contributed by atoms with Crippen molar-refractivity contribution in [3.8, 4) is 11.5 Å². The lowest BCUT2D eigenvalue weighted by molar-refractivity contribution is -0.307. The number of carboxylic acid groups (broad SMARTS) is 2. The fourth-order valence-corrected chi connectivity index (χ4v) is 1.98. The minimum absolute atomic E-state index is 0.0661. The van der Waals surface area contributed by atoms with Crippen LogP contribution in [0.15, 0.2) is 12.1 Å². The topological polar surface area (TPSA) is 98.7 Å². The van der Waals surface area contributed by atoms with Crippen LogP contribution in [0.2, 0.25) is 0 Å². The van der Waals surface area contributed by atoms with Crippen molar-refractivity contribution in [1.82, 2.24) is 0 Å². The Bertz CT molecular complexity index is 471. The molecule has 98 valence electrons. The zero-order valence-electron chi connectivity index (χ0n) is 9.40. The Morgan fingerprint density at radius 3 is 2.44 bits per heavy atom. The van der Waals surface area contributed by atoms with E-state index in [1.807, 2.05) is 22.6 Å². The summed E-state index contributed by atoms with van der Waals surface area (Å²) in [6.45, 7) is 1.36. The van der Waals surface area contributed by atoms with Crippen molar-refractivity contribution in [2.75, 3.05) is 13.2 Å². The number of hydrogen-bond donors (Lipinski definition) is 0. The molecule has 0 aliphatic carbocycles. The molecule has 0 saturated carbocycles. The van der Waals surface area contributed by atoms with Gasteiger partial charge in [0.15, 0.2) is 11.5 Å². The molecule has 0 radical (unpaired) electrons. The van der Waals surface area contributed by atoms with Crippen molar-refractivity contribution < 1.29 is 29.3 Å². The van der Waals surface area contributed by atoms with Crippen molar-refractivity contribution in [2.45, 2.75) is 6.92 Å². The van der Waals surface area contributed by atoms with Gasteiger partial charge < -0.3 is 29.3 Å². The molecular formula is C11H9IO6-2. The van der Waals surface area contributed by atoms with E-state index in [2.05, 4.69) is 0 Å². The molecule has 0 unspecified atom stereocenters. The highest BCUT2D eigenvalue weighted by atomic mass is 127. The second kappa shape index (κ2) is 6.43. The third kappa shape index (κ3) is 3.76. The van der Waals surface area contributed by atoms with Gasteiger partial charge in [-0.1, -0.05) is 0 Å². The quantitative estimate of drug-likeness (QED) is 0.612. The zero-order chi connectivity index (χ0) is 13.7. The van der Waals surface area contributed by atoms with E-state index < -0.39 is 18.5 Å². The molecule has 0 aliphatic heterocycles. The van der Waals surface area contributed by atoms with E-state index in [-0.39, 0.29) is 23.7 Å². The number of halogens is 1. The van der Waals surface area contributed by atoms with Gasteiger partial charge in [-0.3, -0.25) is 0 Å². The maximum Gasteiger partial charge on any atom is 0.175 e. The molecule has 1 aromatic carbocycles. The Morgan fingerprint density at radius 2 is 1.94 bits per heavy atom. The molecule has 1 rings (SSSR count). The molecule has 0 bridgehead atoms. The Balaban J connectivity index is 3.13. The van der Waals surface area contributed by atoms with Gasteiger partial charge in [0.05, 0.1) is 22.1 Å². The molecule has 0 N–H and O–H groups in total. The molecule has 7 heteroatoms. The first-order valence-corrected chi connectivity index (χ1v) is 6.04. The lowest BCUT2D eigenvalue weighted by atomic mass is 10.2. The van der Waals surface area contributed by atoms with E-state index in [0.717, 1.165) is 0 Å². The highest BCUT2D eigenvalue weighted by molar-refractivity contribution is 14.1. The van der Waals surface area contributed by atoms with Crippen molar-refractivity contribution in [3.63, 3.8) is 0 Å². The molecule has 0 atom stereocenters. The zero-order valence-corrected chi connectivity index (χ0v) is 11.6. The summed E-state index contributed by atoms with van der Waals surface area (Å²) in [5, 5.41) is 21.1. The Labute approximate surface area is 117 Å². The fraction of sp³-hybridized carbons (Fsp3) is 0.273. The van der Waals surface area contributed by atoms with Crippen LogP contribution in [0.25, 0.3) is 0 Å². The summed E-state index contributed by atoms with van der Waals surface area (Å²) in [5.41, 5.74) is -0.0661. The van der Waals surface area contributed by atoms with E-state index in [9.17, 15) is 19.8 Å². The van der Waals surface area contributed by atoms with Crippen LogP contribution in [0.3, 0.4) is 0 Å². The summed E-state index contributed by atoms with van der Waals surface area (Å²) in [6, 6.07) is 2.54. The van der Waals surface area contributed by atoms with Crippen LogP contribution < -0.4 is 19.7 Å². The predicted octanol–water partition coefficient (Wildman–Crippen LogP) is -0.818. The number of aromatic carboxylic acids is 1. The van der Waals surface area contributed by atoms with Gasteiger partial charge in [-0.05, 0) is 41.6 Å². The molecule has 6 nitrogen and oxygen atoms in total. The van der Waals surface area contributed by atoms with Crippen molar-refractivity contribution in [3.05, 3.63) is 21.3 Å². The highest BCUT2D eigenvalue weighted by Crippen LogP contribution is 2.34. The van der Waals surface area contributed by atoms with E-state index >= 15 is 0 Å². The van der Waals surface area contributed by atoms with Gasteiger partial charge >= 0.3 is 0 Å². The van der Waals surface area contributed by atoms with Gasteiger partial charge in [0.2, 0.25) is 0 Å². The third-order valence-electron chi connectivity index (χ3n) is 1.88. The first kappa shape index (κ1) is 14.6. The molecule has 0 fully saturated rings. The molecule has 0 aliphatic rings. The molecule has 18 heavy (non-hydrogen) atoms. The summed E-state index contributed by atoms with van der Waals surface area (Å²) in [7, 11) is 0. The standard InChI is InChI=1S/C11H11IO6/c1-2-17-8-4-6(11(15)16)3-7(12)10(8)18-5-9(13)14/h3-4H,2,5H2,1H3,(H,13,14)(H,15,16)/p-2. The number of carbonyl (C=O) groups is 2. The minimum Gasteiger partial charge on any atom is -0.546 e. The van der Waals surface area contributed by atoms with Gasteiger partial charge in [0.25, 0.3) is 0 Å². The first-order chi connectivity index (χ1) is 8.45. The van der Waals surface area contributed by atoms with Gasteiger partial charge in [-0.25, -0.2) is 0 Å². The first-order valence-electron chi connectivity index (χ1n) is 4.96. The largest absolute Gasteiger partial charge is 0.546 e. The van der Waals surface area contributed by atoms with Crippen LogP contribution in [0.5, 0.6) is 11.5 Å². The van der Waals surface area contributed by atoms with Crippen LogP contribution in [0, 0.1) is 3.57 Å².